The Bertz CT molecular complexity index is 517. The summed E-state index contributed by atoms with van der Waals surface area (Å²) in [7, 11) is 0. The minimum Gasteiger partial charge on any atom is -0.477 e. The van der Waals surface area contributed by atoms with Gasteiger partial charge in [-0.15, -0.1) is 0 Å². The molecule has 0 aliphatic rings. The Balaban J connectivity index is 2.77. The second kappa shape index (κ2) is 2.69. The van der Waals surface area contributed by atoms with E-state index in [9.17, 15) is 4.79 Å². The molecule has 3 N–H and O–H groups in total. The maximum atomic E-state index is 10.7. The van der Waals surface area contributed by atoms with Crippen molar-refractivity contribution in [3.63, 3.8) is 0 Å². The molecule has 72 valence electrons. The first kappa shape index (κ1) is 8.49. The minimum absolute atomic E-state index is 0.0742. The number of nitrogens with two attached hydrogens (primary N) is 1. The normalized spacial score (nSPS) is 10.6. The van der Waals surface area contributed by atoms with Crippen molar-refractivity contribution in [3.8, 4) is 0 Å². The lowest BCUT2D eigenvalue weighted by Crippen LogP contribution is -2.06. The van der Waals surface area contributed by atoms with Crippen molar-refractivity contribution in [2.45, 2.75) is 6.92 Å². The number of rotatable bonds is 1. The number of aromatic carboxylic acids is 1. The van der Waals surface area contributed by atoms with Crippen molar-refractivity contribution < 1.29 is 9.90 Å². The second-order valence-electron chi connectivity index (χ2n) is 2.93. The van der Waals surface area contributed by atoms with Gasteiger partial charge in [-0.2, -0.15) is 9.61 Å². The number of carboxylic acids is 1. The highest BCUT2D eigenvalue weighted by Gasteiger charge is 2.10. The summed E-state index contributed by atoms with van der Waals surface area (Å²) in [6, 6.07) is 2.95. The van der Waals surface area contributed by atoms with Crippen LogP contribution in [0.15, 0.2) is 12.1 Å². The number of hydrogen-bond acceptors (Lipinski definition) is 4. The van der Waals surface area contributed by atoms with Crippen LogP contribution in [0.25, 0.3) is 5.65 Å². The van der Waals surface area contributed by atoms with E-state index in [2.05, 4.69) is 10.1 Å². The van der Waals surface area contributed by atoms with Gasteiger partial charge in [0.2, 0.25) is 0 Å². The fourth-order valence-electron chi connectivity index (χ4n) is 1.22. The summed E-state index contributed by atoms with van der Waals surface area (Å²) in [6.45, 7) is 1.79. The van der Waals surface area contributed by atoms with E-state index >= 15 is 0 Å². The minimum atomic E-state index is -1.10. The average Bonchev–Trinajstić information content (AvgIpc) is 2.45. The second-order valence-corrected chi connectivity index (χ2v) is 2.93. The lowest BCUT2D eigenvalue weighted by atomic mass is 10.4. The quantitative estimate of drug-likeness (QED) is 0.678. The van der Waals surface area contributed by atoms with E-state index in [0.29, 0.717) is 5.65 Å². The summed E-state index contributed by atoms with van der Waals surface area (Å²) in [4.78, 5) is 14.5. The van der Waals surface area contributed by atoms with E-state index in [0.717, 1.165) is 5.69 Å². The standard InChI is InChI=1S/C8H8N4O2/c1-4-2-7-10-5(8(13)14)3-6(9)12(7)11-4/h2-3H,9H2,1H3,(H,13,14). The van der Waals surface area contributed by atoms with Gasteiger partial charge >= 0.3 is 5.97 Å². The van der Waals surface area contributed by atoms with Gasteiger partial charge in [0.15, 0.2) is 11.3 Å². The Hall–Kier alpha value is -2.11. The fourth-order valence-corrected chi connectivity index (χ4v) is 1.22. The Morgan fingerprint density at radius 2 is 2.29 bits per heavy atom. The third-order valence-corrected chi connectivity index (χ3v) is 1.80. The van der Waals surface area contributed by atoms with Gasteiger partial charge < -0.3 is 10.8 Å². The first-order chi connectivity index (χ1) is 6.58. The lowest BCUT2D eigenvalue weighted by Gasteiger charge is -1.99. The Kier molecular flexibility index (Phi) is 1.63. The summed E-state index contributed by atoms with van der Waals surface area (Å²) in [6.07, 6.45) is 0. The molecule has 2 rings (SSSR count). The van der Waals surface area contributed by atoms with Gasteiger partial charge in [-0.05, 0) is 6.92 Å². The molecule has 0 atom stereocenters. The summed E-state index contributed by atoms with van der Waals surface area (Å²) in [5.74, 6) is -0.835. The van der Waals surface area contributed by atoms with Crippen molar-refractivity contribution in [2.24, 2.45) is 0 Å². The van der Waals surface area contributed by atoms with Gasteiger partial charge in [-0.1, -0.05) is 0 Å². The van der Waals surface area contributed by atoms with Crippen LogP contribution >= 0.6 is 0 Å². The zero-order chi connectivity index (χ0) is 10.3. The molecule has 0 unspecified atom stereocenters. The van der Waals surface area contributed by atoms with Crippen molar-refractivity contribution >= 4 is 17.4 Å². The molecule has 0 aliphatic heterocycles. The third kappa shape index (κ3) is 1.17. The van der Waals surface area contributed by atoms with Crippen molar-refractivity contribution in [3.05, 3.63) is 23.5 Å². The molecule has 6 nitrogen and oxygen atoms in total. The number of hydrogen-bond donors (Lipinski definition) is 2. The molecular formula is C8H8N4O2. The molecule has 2 heterocycles. The molecule has 0 aliphatic carbocycles. The van der Waals surface area contributed by atoms with Crippen LogP contribution in [0.3, 0.4) is 0 Å². The van der Waals surface area contributed by atoms with Crippen LogP contribution in [0.5, 0.6) is 0 Å². The molecular weight excluding hydrogens is 184 g/mol. The zero-order valence-corrected chi connectivity index (χ0v) is 7.43. The Labute approximate surface area is 79.0 Å². The molecule has 0 fully saturated rings. The monoisotopic (exact) mass is 192 g/mol. The van der Waals surface area contributed by atoms with E-state index in [4.69, 9.17) is 10.8 Å². The highest BCUT2D eigenvalue weighted by molar-refractivity contribution is 5.86. The molecule has 0 saturated heterocycles. The van der Waals surface area contributed by atoms with Crippen LogP contribution in [-0.2, 0) is 0 Å². The Morgan fingerprint density at radius 3 is 2.93 bits per heavy atom. The number of nitrogens with zero attached hydrogens (tertiary/aromatic N) is 3. The molecule has 0 amide bonds. The van der Waals surface area contributed by atoms with Gasteiger partial charge in [0.1, 0.15) is 5.82 Å². The highest BCUT2D eigenvalue weighted by atomic mass is 16.4. The SMILES string of the molecule is Cc1cc2nc(C(=O)O)cc(N)n2n1. The van der Waals surface area contributed by atoms with Gasteiger partial charge in [0, 0.05) is 12.1 Å². The van der Waals surface area contributed by atoms with Gasteiger partial charge in [0.05, 0.1) is 5.69 Å². The summed E-state index contributed by atoms with van der Waals surface area (Å²) >= 11 is 0. The molecule has 0 spiro atoms. The van der Waals surface area contributed by atoms with Crippen LogP contribution < -0.4 is 5.73 Å². The van der Waals surface area contributed by atoms with E-state index in [1.165, 1.54) is 10.6 Å². The summed E-state index contributed by atoms with van der Waals surface area (Å²) in [5, 5.41) is 12.8. The molecule has 2 aromatic heterocycles. The maximum Gasteiger partial charge on any atom is 0.354 e. The zero-order valence-electron chi connectivity index (χ0n) is 7.43. The smallest absolute Gasteiger partial charge is 0.354 e. The topological polar surface area (TPSA) is 93.5 Å². The molecule has 0 bridgehead atoms. The van der Waals surface area contributed by atoms with Crippen LogP contribution in [0.4, 0.5) is 5.82 Å². The largest absolute Gasteiger partial charge is 0.477 e. The molecule has 0 saturated carbocycles. The number of carbonyl (C=O) groups is 1. The van der Waals surface area contributed by atoms with Crippen molar-refractivity contribution in [2.75, 3.05) is 5.73 Å². The lowest BCUT2D eigenvalue weighted by molar-refractivity contribution is 0.0690. The number of carboxylic acid groups (broad SMARTS) is 1. The van der Waals surface area contributed by atoms with Crippen LogP contribution in [-0.4, -0.2) is 25.7 Å². The van der Waals surface area contributed by atoms with Gasteiger partial charge in [-0.3, -0.25) is 0 Å². The predicted molar refractivity (Wildman–Crippen MR) is 49.1 cm³/mol. The molecule has 0 radical (unpaired) electrons. The Morgan fingerprint density at radius 1 is 1.57 bits per heavy atom. The maximum absolute atomic E-state index is 10.7. The van der Waals surface area contributed by atoms with Crippen LogP contribution in [0.2, 0.25) is 0 Å². The van der Waals surface area contributed by atoms with E-state index < -0.39 is 5.97 Å². The molecule has 14 heavy (non-hydrogen) atoms. The van der Waals surface area contributed by atoms with Crippen LogP contribution in [0.1, 0.15) is 16.2 Å². The fraction of sp³-hybridized carbons (Fsp3) is 0.125. The van der Waals surface area contributed by atoms with Crippen molar-refractivity contribution in [1.82, 2.24) is 14.6 Å². The van der Waals surface area contributed by atoms with Crippen LogP contribution in [0, 0.1) is 6.92 Å². The first-order valence-corrected chi connectivity index (χ1v) is 3.94. The predicted octanol–water partition coefficient (Wildman–Crippen LogP) is 0.318. The molecule has 6 heteroatoms. The molecule has 2 aromatic rings. The number of anilines is 1. The number of aryl methyl sites for hydroxylation is 1. The average molecular weight is 192 g/mol. The van der Waals surface area contributed by atoms with E-state index in [1.807, 2.05) is 0 Å². The van der Waals surface area contributed by atoms with E-state index in [1.54, 1.807) is 13.0 Å². The highest BCUT2D eigenvalue weighted by Crippen LogP contribution is 2.10. The number of nitrogen functional groups attached to an aromatic ring is 1. The van der Waals surface area contributed by atoms with Gasteiger partial charge in [0.25, 0.3) is 0 Å². The van der Waals surface area contributed by atoms with E-state index in [-0.39, 0.29) is 11.5 Å². The summed E-state index contributed by atoms with van der Waals surface area (Å²) < 4.78 is 1.40. The number of fused-ring (bicyclic) bond motifs is 1. The van der Waals surface area contributed by atoms with Gasteiger partial charge in [-0.25, -0.2) is 9.78 Å². The van der Waals surface area contributed by atoms with Crippen molar-refractivity contribution in [1.29, 1.82) is 0 Å². The summed E-state index contributed by atoms with van der Waals surface area (Å²) in [5.41, 5.74) is 6.72. The third-order valence-electron chi connectivity index (χ3n) is 1.80. The number of aromatic nitrogens is 3. The molecule has 0 aromatic carbocycles. The first-order valence-electron chi connectivity index (χ1n) is 3.94.